The standard InChI is InChI=1S/C21H26ClN5O4/c1-24-18-17(19(29)25(2)21(24)30)27(20(23-18)26-10-6-3-7-11-26)12-14(28)13-31-16-9-5-4-8-15(16)22/h4-5,8-9,14,28H,3,6-7,10-13H2,1-2H3/t14-/m1/s1. The quantitative estimate of drug-likeness (QED) is 0.615. The van der Waals surface area contributed by atoms with Crippen LogP contribution in [-0.4, -0.2) is 49.6 Å². The Morgan fingerprint density at radius 3 is 2.55 bits per heavy atom. The van der Waals surface area contributed by atoms with Crippen molar-refractivity contribution in [2.24, 2.45) is 14.1 Å². The Morgan fingerprint density at radius 2 is 1.84 bits per heavy atom. The SMILES string of the molecule is Cn1c(=O)c2c(nc(N3CCCCC3)n2C[C@@H](O)COc2ccccc2Cl)n(C)c1=O. The molecule has 1 fully saturated rings. The maximum absolute atomic E-state index is 13.0. The van der Waals surface area contributed by atoms with Crippen LogP contribution >= 0.6 is 11.6 Å². The molecule has 1 aliphatic heterocycles. The molecule has 0 unspecified atom stereocenters. The number of piperidine rings is 1. The molecule has 0 saturated carbocycles. The maximum Gasteiger partial charge on any atom is 0.332 e. The highest BCUT2D eigenvalue weighted by Crippen LogP contribution is 2.25. The van der Waals surface area contributed by atoms with Crippen molar-refractivity contribution >= 4 is 28.7 Å². The van der Waals surface area contributed by atoms with Crippen LogP contribution in [0.3, 0.4) is 0 Å². The first-order chi connectivity index (χ1) is 14.9. The van der Waals surface area contributed by atoms with Gasteiger partial charge in [0, 0.05) is 27.2 Å². The number of aromatic nitrogens is 4. The molecule has 9 nitrogen and oxygen atoms in total. The molecule has 0 amide bonds. The zero-order valence-electron chi connectivity index (χ0n) is 17.6. The largest absolute Gasteiger partial charge is 0.489 e. The third-order valence-corrected chi connectivity index (χ3v) is 5.94. The lowest BCUT2D eigenvalue weighted by Gasteiger charge is -2.28. The van der Waals surface area contributed by atoms with Crippen LogP contribution in [0.15, 0.2) is 33.9 Å². The number of aryl methyl sites for hydroxylation is 1. The second kappa shape index (κ2) is 8.76. The second-order valence-corrected chi connectivity index (χ2v) is 8.25. The van der Waals surface area contributed by atoms with Crippen molar-refractivity contribution in [1.82, 2.24) is 18.7 Å². The summed E-state index contributed by atoms with van der Waals surface area (Å²) >= 11 is 6.12. The van der Waals surface area contributed by atoms with E-state index in [1.807, 2.05) is 0 Å². The van der Waals surface area contributed by atoms with Crippen LogP contribution < -0.4 is 20.9 Å². The highest BCUT2D eigenvalue weighted by molar-refractivity contribution is 6.32. The maximum atomic E-state index is 13.0. The molecule has 1 atom stereocenters. The molecule has 1 aromatic carbocycles. The number of halogens is 1. The third-order valence-electron chi connectivity index (χ3n) is 5.63. The van der Waals surface area contributed by atoms with Gasteiger partial charge in [-0.1, -0.05) is 23.7 Å². The summed E-state index contributed by atoms with van der Waals surface area (Å²) in [5, 5.41) is 11.2. The molecule has 4 rings (SSSR count). The fourth-order valence-electron chi connectivity index (χ4n) is 3.95. The van der Waals surface area contributed by atoms with Gasteiger partial charge in [-0.3, -0.25) is 13.9 Å². The van der Waals surface area contributed by atoms with Gasteiger partial charge < -0.3 is 19.3 Å². The summed E-state index contributed by atoms with van der Waals surface area (Å²) < 4.78 is 9.82. The molecule has 31 heavy (non-hydrogen) atoms. The number of anilines is 1. The van der Waals surface area contributed by atoms with Crippen molar-refractivity contribution in [3.63, 3.8) is 0 Å². The van der Waals surface area contributed by atoms with Crippen molar-refractivity contribution in [2.45, 2.75) is 31.9 Å². The van der Waals surface area contributed by atoms with Gasteiger partial charge in [0.1, 0.15) is 18.5 Å². The van der Waals surface area contributed by atoms with Crippen LogP contribution in [0, 0.1) is 0 Å². The number of imidazole rings is 1. The van der Waals surface area contributed by atoms with E-state index in [4.69, 9.17) is 16.3 Å². The van der Waals surface area contributed by atoms with Crippen LogP contribution in [0.25, 0.3) is 11.2 Å². The predicted octanol–water partition coefficient (Wildman–Crippen LogP) is 1.52. The van der Waals surface area contributed by atoms with Gasteiger partial charge >= 0.3 is 5.69 Å². The van der Waals surface area contributed by atoms with Crippen LogP contribution in [0.5, 0.6) is 5.75 Å². The Bertz CT molecular complexity index is 1210. The lowest BCUT2D eigenvalue weighted by molar-refractivity contribution is 0.0936. The molecule has 0 spiro atoms. The molecule has 3 aromatic rings. The lowest BCUT2D eigenvalue weighted by Crippen LogP contribution is -2.38. The van der Waals surface area contributed by atoms with E-state index in [0.717, 1.165) is 36.9 Å². The lowest BCUT2D eigenvalue weighted by atomic mass is 10.1. The molecular weight excluding hydrogens is 422 g/mol. The monoisotopic (exact) mass is 447 g/mol. The van der Waals surface area contributed by atoms with Gasteiger partial charge in [0.05, 0.1) is 11.6 Å². The third kappa shape index (κ3) is 4.07. The highest BCUT2D eigenvalue weighted by atomic mass is 35.5. The fourth-order valence-corrected chi connectivity index (χ4v) is 4.14. The van der Waals surface area contributed by atoms with E-state index >= 15 is 0 Å². The van der Waals surface area contributed by atoms with Gasteiger partial charge in [0.2, 0.25) is 5.95 Å². The molecular formula is C21H26ClN5O4. The molecule has 1 saturated heterocycles. The summed E-state index contributed by atoms with van der Waals surface area (Å²) in [6, 6.07) is 7.04. The van der Waals surface area contributed by atoms with Crippen molar-refractivity contribution in [1.29, 1.82) is 0 Å². The van der Waals surface area contributed by atoms with Crippen LogP contribution in [0.2, 0.25) is 5.02 Å². The van der Waals surface area contributed by atoms with Gasteiger partial charge in [0.25, 0.3) is 5.56 Å². The summed E-state index contributed by atoms with van der Waals surface area (Å²) in [6.45, 7) is 1.71. The summed E-state index contributed by atoms with van der Waals surface area (Å²) in [5.74, 6) is 1.07. The number of rotatable bonds is 6. The average molecular weight is 448 g/mol. The number of hydrogen-bond acceptors (Lipinski definition) is 6. The molecule has 0 bridgehead atoms. The molecule has 3 heterocycles. The number of benzene rings is 1. The van der Waals surface area contributed by atoms with Crippen LogP contribution in [0.1, 0.15) is 19.3 Å². The van der Waals surface area contributed by atoms with E-state index in [2.05, 4.69) is 9.88 Å². The Kier molecular flexibility index (Phi) is 6.06. The van der Waals surface area contributed by atoms with Crippen molar-refractivity contribution in [3.05, 3.63) is 50.1 Å². The predicted molar refractivity (Wildman–Crippen MR) is 119 cm³/mol. The Balaban J connectivity index is 1.71. The van der Waals surface area contributed by atoms with Crippen LogP contribution in [0.4, 0.5) is 5.95 Å². The number of para-hydroxylation sites is 1. The Labute approximate surface area is 184 Å². The second-order valence-electron chi connectivity index (χ2n) is 7.84. The number of aliphatic hydroxyl groups excluding tert-OH is 1. The topological polar surface area (TPSA) is 94.5 Å². The van der Waals surface area contributed by atoms with Gasteiger partial charge in [-0.25, -0.2) is 4.79 Å². The molecule has 10 heteroatoms. The average Bonchev–Trinajstić information content (AvgIpc) is 3.15. The molecule has 2 aromatic heterocycles. The summed E-state index contributed by atoms with van der Waals surface area (Å²) in [7, 11) is 3.04. The number of aliphatic hydroxyl groups is 1. The molecule has 0 radical (unpaired) electrons. The number of nitrogens with zero attached hydrogens (tertiary/aromatic N) is 5. The van der Waals surface area contributed by atoms with E-state index < -0.39 is 17.4 Å². The summed E-state index contributed by atoms with van der Waals surface area (Å²) in [6.07, 6.45) is 2.28. The highest BCUT2D eigenvalue weighted by Gasteiger charge is 2.25. The molecule has 1 N–H and O–H groups in total. The van der Waals surface area contributed by atoms with Gasteiger partial charge in [-0.05, 0) is 31.4 Å². The van der Waals surface area contributed by atoms with Crippen molar-refractivity contribution < 1.29 is 9.84 Å². The van der Waals surface area contributed by atoms with Crippen molar-refractivity contribution in [2.75, 3.05) is 24.6 Å². The van der Waals surface area contributed by atoms with E-state index in [-0.39, 0.29) is 13.2 Å². The van der Waals surface area contributed by atoms with E-state index in [1.54, 1.807) is 35.9 Å². The Hall–Kier alpha value is -2.78. The molecule has 1 aliphatic rings. The minimum Gasteiger partial charge on any atom is -0.489 e. The van der Waals surface area contributed by atoms with Gasteiger partial charge in [0.15, 0.2) is 11.2 Å². The zero-order chi connectivity index (χ0) is 22.1. The van der Waals surface area contributed by atoms with E-state index in [1.165, 1.54) is 11.6 Å². The first kappa shape index (κ1) is 21.5. The van der Waals surface area contributed by atoms with Gasteiger partial charge in [-0.15, -0.1) is 0 Å². The number of hydrogen-bond donors (Lipinski definition) is 1. The minimum absolute atomic E-state index is 0.00503. The zero-order valence-corrected chi connectivity index (χ0v) is 18.4. The number of fused-ring (bicyclic) bond motifs is 1. The smallest absolute Gasteiger partial charge is 0.332 e. The minimum atomic E-state index is -0.917. The summed E-state index contributed by atoms with van der Waals surface area (Å²) in [5.41, 5.74) is -0.266. The van der Waals surface area contributed by atoms with E-state index in [9.17, 15) is 14.7 Å². The fraction of sp³-hybridized carbons (Fsp3) is 0.476. The Morgan fingerprint density at radius 1 is 1.13 bits per heavy atom. The van der Waals surface area contributed by atoms with Crippen LogP contribution in [-0.2, 0) is 20.6 Å². The van der Waals surface area contributed by atoms with Crippen molar-refractivity contribution in [3.8, 4) is 5.75 Å². The number of ether oxygens (including phenoxy) is 1. The molecule has 166 valence electrons. The first-order valence-electron chi connectivity index (χ1n) is 10.3. The first-order valence-corrected chi connectivity index (χ1v) is 10.7. The van der Waals surface area contributed by atoms with E-state index in [0.29, 0.717) is 27.9 Å². The normalized spacial score (nSPS) is 15.4. The van der Waals surface area contributed by atoms with Gasteiger partial charge in [-0.2, -0.15) is 4.98 Å². The summed E-state index contributed by atoms with van der Waals surface area (Å²) in [4.78, 5) is 32.1. The molecule has 0 aliphatic carbocycles.